The van der Waals surface area contributed by atoms with Gasteiger partial charge in [-0.05, 0) is 41.3 Å². The van der Waals surface area contributed by atoms with Gasteiger partial charge in [-0.25, -0.2) is 14.2 Å². The molecule has 1 aliphatic heterocycles. The molecule has 0 fully saturated rings. The standard InChI is InChI=1S/C18H18ClFN2O2/c1-10(2)16-9-22(14-4-12(19)3-13(20)5-14)8-11-7-21-17(18(23)24)6-15(11)16/h3-7,10,16H,8-9H2,1-2H3,(H,23,24). The zero-order valence-electron chi connectivity index (χ0n) is 13.5. The van der Waals surface area contributed by atoms with E-state index in [4.69, 9.17) is 11.6 Å². The molecular weight excluding hydrogens is 331 g/mol. The van der Waals surface area contributed by atoms with Crippen LogP contribution in [0.4, 0.5) is 10.1 Å². The second kappa shape index (κ2) is 6.40. The third-order valence-electron chi connectivity index (χ3n) is 4.44. The van der Waals surface area contributed by atoms with Crippen LogP contribution in [0.15, 0.2) is 30.5 Å². The van der Waals surface area contributed by atoms with Gasteiger partial charge in [0.2, 0.25) is 0 Å². The fourth-order valence-corrected chi connectivity index (χ4v) is 3.40. The molecule has 0 aliphatic carbocycles. The maximum atomic E-state index is 13.7. The van der Waals surface area contributed by atoms with Crippen molar-refractivity contribution >= 4 is 23.3 Å². The van der Waals surface area contributed by atoms with Crippen LogP contribution in [0.2, 0.25) is 5.02 Å². The molecule has 1 unspecified atom stereocenters. The molecule has 0 radical (unpaired) electrons. The molecule has 3 rings (SSSR count). The molecule has 1 aliphatic rings. The van der Waals surface area contributed by atoms with Crippen molar-refractivity contribution in [1.82, 2.24) is 4.98 Å². The van der Waals surface area contributed by atoms with E-state index in [0.717, 1.165) is 16.8 Å². The Morgan fingerprint density at radius 2 is 2.12 bits per heavy atom. The van der Waals surface area contributed by atoms with Gasteiger partial charge in [0.1, 0.15) is 11.5 Å². The van der Waals surface area contributed by atoms with Crippen LogP contribution >= 0.6 is 11.6 Å². The highest BCUT2D eigenvalue weighted by atomic mass is 35.5. The number of hydrogen-bond acceptors (Lipinski definition) is 3. The van der Waals surface area contributed by atoms with Crippen molar-refractivity contribution < 1.29 is 14.3 Å². The SMILES string of the molecule is CC(C)C1CN(c2cc(F)cc(Cl)c2)Cc2cnc(C(=O)O)cc21. The zero-order valence-corrected chi connectivity index (χ0v) is 14.2. The van der Waals surface area contributed by atoms with Crippen LogP contribution in [0, 0.1) is 11.7 Å². The van der Waals surface area contributed by atoms with Gasteiger partial charge >= 0.3 is 5.97 Å². The Morgan fingerprint density at radius 1 is 1.38 bits per heavy atom. The summed E-state index contributed by atoms with van der Waals surface area (Å²) in [5, 5.41) is 9.53. The Hall–Kier alpha value is -2.14. The van der Waals surface area contributed by atoms with Gasteiger partial charge in [-0.3, -0.25) is 0 Å². The molecule has 2 aromatic rings. The maximum absolute atomic E-state index is 13.7. The highest BCUT2D eigenvalue weighted by Gasteiger charge is 2.29. The van der Waals surface area contributed by atoms with Crippen molar-refractivity contribution in [3.05, 3.63) is 58.1 Å². The summed E-state index contributed by atoms with van der Waals surface area (Å²) in [6.45, 7) is 5.41. The number of hydrogen-bond donors (Lipinski definition) is 1. The van der Waals surface area contributed by atoms with Crippen LogP contribution in [0.5, 0.6) is 0 Å². The summed E-state index contributed by atoms with van der Waals surface area (Å²) in [6, 6.07) is 6.15. The number of nitrogens with zero attached hydrogens (tertiary/aromatic N) is 2. The molecule has 4 nitrogen and oxygen atoms in total. The average molecular weight is 349 g/mol. The Morgan fingerprint density at radius 3 is 2.75 bits per heavy atom. The minimum atomic E-state index is -1.03. The van der Waals surface area contributed by atoms with Crippen molar-refractivity contribution in [2.24, 2.45) is 5.92 Å². The average Bonchev–Trinajstić information content (AvgIpc) is 2.52. The molecule has 24 heavy (non-hydrogen) atoms. The monoisotopic (exact) mass is 348 g/mol. The Balaban J connectivity index is 2.02. The quantitative estimate of drug-likeness (QED) is 0.896. The van der Waals surface area contributed by atoms with Gasteiger partial charge in [-0.15, -0.1) is 0 Å². The minimum Gasteiger partial charge on any atom is -0.477 e. The molecule has 6 heteroatoms. The summed E-state index contributed by atoms with van der Waals surface area (Å²) in [6.07, 6.45) is 1.61. The van der Waals surface area contributed by atoms with Gasteiger partial charge in [0, 0.05) is 35.9 Å². The van der Waals surface area contributed by atoms with Crippen molar-refractivity contribution in [3.63, 3.8) is 0 Å². The van der Waals surface area contributed by atoms with Crippen molar-refractivity contribution in [1.29, 1.82) is 0 Å². The van der Waals surface area contributed by atoms with Crippen LogP contribution in [-0.2, 0) is 6.54 Å². The number of aromatic nitrogens is 1. The Kier molecular flexibility index (Phi) is 4.45. The summed E-state index contributed by atoms with van der Waals surface area (Å²) in [4.78, 5) is 17.3. The Labute approximate surface area is 144 Å². The van der Waals surface area contributed by atoms with Crippen LogP contribution in [0.25, 0.3) is 0 Å². The first-order chi connectivity index (χ1) is 11.3. The van der Waals surface area contributed by atoms with Gasteiger partial charge in [0.05, 0.1) is 0 Å². The van der Waals surface area contributed by atoms with Crippen molar-refractivity contribution in [2.45, 2.75) is 26.3 Å². The van der Waals surface area contributed by atoms with Gasteiger partial charge in [0.25, 0.3) is 0 Å². The predicted octanol–water partition coefficient (Wildman–Crippen LogP) is 4.33. The highest BCUT2D eigenvalue weighted by molar-refractivity contribution is 6.30. The van der Waals surface area contributed by atoms with E-state index in [1.54, 1.807) is 18.3 Å². The molecule has 126 valence electrons. The minimum absolute atomic E-state index is 0.0571. The number of aromatic carboxylic acids is 1. The van der Waals surface area contributed by atoms with E-state index in [1.807, 2.05) is 0 Å². The number of carbonyl (C=O) groups is 1. The molecule has 1 N–H and O–H groups in total. The van der Waals surface area contributed by atoms with Gasteiger partial charge in [0.15, 0.2) is 0 Å². The lowest BCUT2D eigenvalue weighted by Gasteiger charge is -2.38. The lowest BCUT2D eigenvalue weighted by Crippen LogP contribution is -2.36. The summed E-state index contributed by atoms with van der Waals surface area (Å²) in [5.41, 5.74) is 2.75. The van der Waals surface area contributed by atoms with E-state index < -0.39 is 5.97 Å². The number of pyridine rings is 1. The zero-order chi connectivity index (χ0) is 17.4. The summed E-state index contributed by atoms with van der Waals surface area (Å²) in [7, 11) is 0. The van der Waals surface area contributed by atoms with E-state index in [2.05, 4.69) is 23.7 Å². The number of benzene rings is 1. The van der Waals surface area contributed by atoms with Crippen molar-refractivity contribution in [3.8, 4) is 0 Å². The topological polar surface area (TPSA) is 53.4 Å². The maximum Gasteiger partial charge on any atom is 0.354 e. The number of fused-ring (bicyclic) bond motifs is 1. The molecule has 1 atom stereocenters. The van der Waals surface area contributed by atoms with Crippen LogP contribution in [0.3, 0.4) is 0 Å². The largest absolute Gasteiger partial charge is 0.477 e. The second-order valence-corrected chi connectivity index (χ2v) is 6.87. The third-order valence-corrected chi connectivity index (χ3v) is 4.65. The summed E-state index contributed by atoms with van der Waals surface area (Å²) in [5.74, 6) is -0.958. The van der Waals surface area contributed by atoms with Gasteiger partial charge < -0.3 is 10.0 Å². The smallest absolute Gasteiger partial charge is 0.354 e. The first-order valence-corrected chi connectivity index (χ1v) is 8.16. The number of halogens is 2. The fraction of sp³-hybridized carbons (Fsp3) is 0.333. The van der Waals surface area contributed by atoms with Crippen LogP contribution < -0.4 is 4.90 Å². The summed E-state index contributed by atoms with van der Waals surface area (Å²) >= 11 is 5.98. The van der Waals surface area contributed by atoms with Crippen LogP contribution in [-0.4, -0.2) is 22.6 Å². The van der Waals surface area contributed by atoms with Gasteiger partial charge in [-0.2, -0.15) is 0 Å². The number of carboxylic acid groups (broad SMARTS) is 1. The van der Waals surface area contributed by atoms with E-state index >= 15 is 0 Å². The van der Waals surface area contributed by atoms with E-state index in [0.29, 0.717) is 24.0 Å². The molecular formula is C18H18ClFN2O2. The molecule has 1 aromatic heterocycles. The fourth-order valence-electron chi connectivity index (χ4n) is 3.19. The molecule has 0 spiro atoms. The van der Waals surface area contributed by atoms with Gasteiger partial charge in [-0.1, -0.05) is 25.4 Å². The third kappa shape index (κ3) is 3.22. The molecule has 1 aromatic carbocycles. The summed E-state index contributed by atoms with van der Waals surface area (Å²) < 4.78 is 13.7. The second-order valence-electron chi connectivity index (χ2n) is 6.43. The number of rotatable bonds is 3. The molecule has 0 saturated carbocycles. The first kappa shape index (κ1) is 16.7. The molecule has 0 saturated heterocycles. The lowest BCUT2D eigenvalue weighted by atomic mass is 9.82. The van der Waals surface area contributed by atoms with E-state index in [-0.39, 0.29) is 17.4 Å². The van der Waals surface area contributed by atoms with E-state index in [1.165, 1.54) is 12.1 Å². The molecule has 0 amide bonds. The number of anilines is 1. The first-order valence-electron chi connectivity index (χ1n) is 7.78. The molecule has 2 heterocycles. The predicted molar refractivity (Wildman–Crippen MR) is 91.2 cm³/mol. The highest BCUT2D eigenvalue weighted by Crippen LogP contribution is 2.36. The number of carboxylic acids is 1. The Bertz CT molecular complexity index is 774. The van der Waals surface area contributed by atoms with Crippen LogP contribution in [0.1, 0.15) is 41.4 Å². The van der Waals surface area contributed by atoms with E-state index in [9.17, 15) is 14.3 Å². The molecule has 0 bridgehead atoms. The van der Waals surface area contributed by atoms with Crippen molar-refractivity contribution in [2.75, 3.05) is 11.4 Å². The normalized spacial score (nSPS) is 17.0. The lowest BCUT2D eigenvalue weighted by molar-refractivity contribution is 0.0690.